The molecule has 1 aromatic carbocycles. The van der Waals surface area contributed by atoms with E-state index in [0.29, 0.717) is 18.3 Å². The van der Waals surface area contributed by atoms with E-state index < -0.39 is 11.6 Å². The highest BCUT2D eigenvalue weighted by atomic mass is 19.1. The lowest BCUT2D eigenvalue weighted by Gasteiger charge is -2.28. The number of hydrogen-bond donors (Lipinski definition) is 1. The van der Waals surface area contributed by atoms with E-state index in [2.05, 4.69) is 12.2 Å². The Balaban J connectivity index is 1.88. The summed E-state index contributed by atoms with van der Waals surface area (Å²) in [6, 6.07) is 3.38. The molecule has 4 heteroatoms. The first-order valence-corrected chi connectivity index (χ1v) is 7.22. The molecule has 110 valence electrons. The summed E-state index contributed by atoms with van der Waals surface area (Å²) in [4.78, 5) is 12.0. The molecule has 0 radical (unpaired) electrons. The van der Waals surface area contributed by atoms with E-state index in [-0.39, 0.29) is 17.8 Å². The molecule has 1 aliphatic heterocycles. The zero-order chi connectivity index (χ0) is 14.5. The summed E-state index contributed by atoms with van der Waals surface area (Å²) in [6.07, 6.45) is 2.81. The Morgan fingerprint density at radius 2 is 2.25 bits per heavy atom. The van der Waals surface area contributed by atoms with E-state index in [1.807, 2.05) is 0 Å². The van der Waals surface area contributed by atoms with Gasteiger partial charge in [-0.2, -0.15) is 0 Å². The Kier molecular flexibility index (Phi) is 5.24. The number of piperidine rings is 1. The van der Waals surface area contributed by atoms with Crippen LogP contribution in [0, 0.1) is 23.5 Å². The summed E-state index contributed by atoms with van der Waals surface area (Å²) in [5.74, 6) is -0.399. The summed E-state index contributed by atoms with van der Waals surface area (Å²) in [6.45, 7) is 4.09. The molecule has 1 N–H and O–H groups in total. The van der Waals surface area contributed by atoms with Gasteiger partial charge in [-0.3, -0.25) is 4.79 Å². The topological polar surface area (TPSA) is 29.1 Å². The van der Waals surface area contributed by atoms with Gasteiger partial charge in [0.1, 0.15) is 17.4 Å². The standard InChI is InChI=1S/C16H21F2NO/c1-11(13-3-2-6-19-10-13)7-15(20)8-12-4-5-14(17)9-16(12)18/h4-5,9,11,13,19H,2-3,6-8,10H2,1H3. The molecule has 1 fully saturated rings. The van der Waals surface area contributed by atoms with Crippen molar-refractivity contribution in [1.29, 1.82) is 0 Å². The molecule has 0 aliphatic carbocycles. The predicted molar refractivity (Wildman–Crippen MR) is 74.4 cm³/mol. The average Bonchev–Trinajstić information content (AvgIpc) is 2.43. The van der Waals surface area contributed by atoms with Gasteiger partial charge in [-0.15, -0.1) is 0 Å². The van der Waals surface area contributed by atoms with Gasteiger partial charge in [-0.1, -0.05) is 13.0 Å². The maximum Gasteiger partial charge on any atom is 0.137 e. The highest BCUT2D eigenvalue weighted by Crippen LogP contribution is 2.23. The first-order chi connectivity index (χ1) is 9.56. The van der Waals surface area contributed by atoms with Crippen LogP contribution in [0.1, 0.15) is 31.7 Å². The molecule has 1 aliphatic rings. The van der Waals surface area contributed by atoms with Crippen LogP contribution in [0.4, 0.5) is 8.78 Å². The second-order valence-corrected chi connectivity index (χ2v) is 5.74. The zero-order valence-corrected chi connectivity index (χ0v) is 11.8. The van der Waals surface area contributed by atoms with Gasteiger partial charge in [0, 0.05) is 18.9 Å². The molecule has 0 spiro atoms. The summed E-state index contributed by atoms with van der Waals surface area (Å²) in [5.41, 5.74) is 0.283. The molecule has 0 bridgehead atoms. The van der Waals surface area contributed by atoms with Gasteiger partial charge in [-0.25, -0.2) is 8.78 Å². The number of carbonyl (C=O) groups is 1. The Hall–Kier alpha value is -1.29. The number of rotatable bonds is 5. The van der Waals surface area contributed by atoms with Crippen molar-refractivity contribution in [3.8, 4) is 0 Å². The second kappa shape index (κ2) is 6.93. The molecule has 20 heavy (non-hydrogen) atoms. The van der Waals surface area contributed by atoms with Crippen molar-refractivity contribution in [3.63, 3.8) is 0 Å². The maximum atomic E-state index is 13.5. The van der Waals surface area contributed by atoms with Crippen LogP contribution in [0.15, 0.2) is 18.2 Å². The van der Waals surface area contributed by atoms with E-state index in [9.17, 15) is 13.6 Å². The number of nitrogens with one attached hydrogen (secondary N) is 1. The third-order valence-corrected chi connectivity index (χ3v) is 4.09. The van der Waals surface area contributed by atoms with E-state index in [0.717, 1.165) is 32.0 Å². The number of ketones is 1. The lowest BCUT2D eigenvalue weighted by Crippen LogP contribution is -2.34. The number of carbonyl (C=O) groups excluding carboxylic acids is 1. The van der Waals surface area contributed by atoms with Crippen LogP contribution in [0.2, 0.25) is 0 Å². The maximum absolute atomic E-state index is 13.5. The summed E-state index contributed by atoms with van der Waals surface area (Å²) < 4.78 is 26.3. The van der Waals surface area contributed by atoms with Gasteiger partial charge in [0.15, 0.2) is 0 Å². The molecule has 2 atom stereocenters. The van der Waals surface area contributed by atoms with Gasteiger partial charge in [0.05, 0.1) is 0 Å². The SMILES string of the molecule is CC(CC(=O)Cc1ccc(F)cc1F)C1CCCNC1. The second-order valence-electron chi connectivity index (χ2n) is 5.74. The van der Waals surface area contributed by atoms with Crippen LogP contribution >= 0.6 is 0 Å². The molecule has 0 saturated carbocycles. The van der Waals surface area contributed by atoms with Crippen LogP contribution in [-0.2, 0) is 11.2 Å². The molecule has 2 rings (SSSR count). The molecular weight excluding hydrogens is 260 g/mol. The summed E-state index contributed by atoms with van der Waals surface area (Å²) in [7, 11) is 0. The van der Waals surface area contributed by atoms with Crippen LogP contribution < -0.4 is 5.32 Å². The zero-order valence-electron chi connectivity index (χ0n) is 11.8. The quantitative estimate of drug-likeness (QED) is 0.898. The number of hydrogen-bond acceptors (Lipinski definition) is 2. The van der Waals surface area contributed by atoms with Crippen LogP contribution in [0.5, 0.6) is 0 Å². The normalized spacial score (nSPS) is 20.6. The van der Waals surface area contributed by atoms with Crippen molar-refractivity contribution >= 4 is 5.78 Å². The van der Waals surface area contributed by atoms with E-state index in [4.69, 9.17) is 0 Å². The number of benzene rings is 1. The molecule has 1 saturated heterocycles. The van der Waals surface area contributed by atoms with Crippen LogP contribution in [-0.4, -0.2) is 18.9 Å². The van der Waals surface area contributed by atoms with Gasteiger partial charge >= 0.3 is 0 Å². The van der Waals surface area contributed by atoms with Crippen molar-refractivity contribution in [2.24, 2.45) is 11.8 Å². The van der Waals surface area contributed by atoms with Gasteiger partial charge in [0.25, 0.3) is 0 Å². The van der Waals surface area contributed by atoms with Crippen LogP contribution in [0.25, 0.3) is 0 Å². The Morgan fingerprint density at radius 1 is 1.45 bits per heavy atom. The first-order valence-electron chi connectivity index (χ1n) is 7.22. The van der Waals surface area contributed by atoms with Crippen molar-refractivity contribution in [3.05, 3.63) is 35.4 Å². The first kappa shape index (κ1) is 15.1. The van der Waals surface area contributed by atoms with Gasteiger partial charge in [-0.05, 0) is 49.4 Å². The third-order valence-electron chi connectivity index (χ3n) is 4.09. The summed E-state index contributed by atoms with van der Waals surface area (Å²) in [5, 5.41) is 3.34. The van der Waals surface area contributed by atoms with E-state index in [1.165, 1.54) is 12.1 Å². The van der Waals surface area contributed by atoms with Crippen molar-refractivity contribution in [1.82, 2.24) is 5.32 Å². The minimum atomic E-state index is -0.634. The molecular formula is C16H21F2NO. The van der Waals surface area contributed by atoms with E-state index >= 15 is 0 Å². The minimum Gasteiger partial charge on any atom is -0.316 e. The summed E-state index contributed by atoms with van der Waals surface area (Å²) >= 11 is 0. The molecule has 2 nitrogen and oxygen atoms in total. The largest absolute Gasteiger partial charge is 0.316 e. The predicted octanol–water partition coefficient (Wildman–Crippen LogP) is 3.10. The highest BCUT2D eigenvalue weighted by Gasteiger charge is 2.22. The average molecular weight is 281 g/mol. The third kappa shape index (κ3) is 4.10. The van der Waals surface area contributed by atoms with Gasteiger partial charge in [0.2, 0.25) is 0 Å². The van der Waals surface area contributed by atoms with Crippen molar-refractivity contribution in [2.75, 3.05) is 13.1 Å². The van der Waals surface area contributed by atoms with E-state index in [1.54, 1.807) is 0 Å². The molecule has 2 unspecified atom stereocenters. The van der Waals surface area contributed by atoms with Gasteiger partial charge < -0.3 is 5.32 Å². The Bertz CT molecular complexity index is 470. The monoisotopic (exact) mass is 281 g/mol. The lowest BCUT2D eigenvalue weighted by atomic mass is 9.83. The molecule has 0 amide bonds. The number of Topliss-reactive ketones (excluding diaryl/α,β-unsaturated/α-hetero) is 1. The van der Waals surface area contributed by atoms with Crippen LogP contribution in [0.3, 0.4) is 0 Å². The van der Waals surface area contributed by atoms with Crippen molar-refractivity contribution in [2.45, 2.75) is 32.6 Å². The fourth-order valence-electron chi connectivity index (χ4n) is 2.84. The smallest absolute Gasteiger partial charge is 0.137 e. The van der Waals surface area contributed by atoms with Crippen molar-refractivity contribution < 1.29 is 13.6 Å². The molecule has 1 heterocycles. The fourth-order valence-corrected chi connectivity index (χ4v) is 2.84. The fraction of sp³-hybridized carbons (Fsp3) is 0.562. The lowest BCUT2D eigenvalue weighted by molar-refractivity contribution is -0.119. The number of halogens is 2. The Morgan fingerprint density at radius 3 is 2.90 bits per heavy atom. The molecule has 1 aromatic rings. The minimum absolute atomic E-state index is 0.0218. The highest BCUT2D eigenvalue weighted by molar-refractivity contribution is 5.81. The Labute approximate surface area is 118 Å². The molecule has 0 aromatic heterocycles.